The topological polar surface area (TPSA) is 57.8 Å². The number of benzene rings is 1. The Morgan fingerprint density at radius 1 is 1.37 bits per heavy atom. The molecule has 0 bridgehead atoms. The van der Waals surface area contributed by atoms with E-state index in [4.69, 9.17) is 0 Å². The number of amides is 1. The van der Waals surface area contributed by atoms with Crippen molar-refractivity contribution in [3.63, 3.8) is 0 Å². The van der Waals surface area contributed by atoms with Crippen LogP contribution in [0.4, 0.5) is 0 Å². The van der Waals surface area contributed by atoms with Crippen molar-refractivity contribution in [1.29, 1.82) is 0 Å². The molecule has 2 rings (SSSR count). The van der Waals surface area contributed by atoms with Crippen LogP contribution in [0.5, 0.6) is 0 Å². The highest BCUT2D eigenvalue weighted by Crippen LogP contribution is 2.19. The van der Waals surface area contributed by atoms with Gasteiger partial charge in [-0.05, 0) is 32.2 Å². The first kappa shape index (κ1) is 13.7. The van der Waals surface area contributed by atoms with E-state index in [0.717, 1.165) is 21.8 Å². The number of aromatic nitrogens is 2. The SMILES string of the molecule is CSc1ccccc1C(=O)NCc1c(C)n[nH]c1C. The molecule has 0 aliphatic rings. The summed E-state index contributed by atoms with van der Waals surface area (Å²) in [4.78, 5) is 13.2. The molecule has 0 fully saturated rings. The van der Waals surface area contributed by atoms with Crippen molar-refractivity contribution in [1.82, 2.24) is 15.5 Å². The molecular formula is C14H17N3OS. The van der Waals surface area contributed by atoms with Gasteiger partial charge in [-0.25, -0.2) is 0 Å². The minimum Gasteiger partial charge on any atom is -0.348 e. The third-order valence-electron chi connectivity index (χ3n) is 3.06. The van der Waals surface area contributed by atoms with Gasteiger partial charge in [-0.1, -0.05) is 12.1 Å². The van der Waals surface area contributed by atoms with Gasteiger partial charge in [0, 0.05) is 22.7 Å². The van der Waals surface area contributed by atoms with Crippen LogP contribution in [0.3, 0.4) is 0 Å². The highest BCUT2D eigenvalue weighted by Gasteiger charge is 2.12. The summed E-state index contributed by atoms with van der Waals surface area (Å²) in [6.45, 7) is 4.38. The quantitative estimate of drug-likeness (QED) is 0.843. The summed E-state index contributed by atoms with van der Waals surface area (Å²) in [6.07, 6.45) is 1.97. The molecule has 1 amide bonds. The molecule has 19 heavy (non-hydrogen) atoms. The zero-order valence-corrected chi connectivity index (χ0v) is 12.1. The van der Waals surface area contributed by atoms with Gasteiger partial charge in [0.25, 0.3) is 5.91 Å². The number of nitrogens with one attached hydrogen (secondary N) is 2. The lowest BCUT2D eigenvalue weighted by Gasteiger charge is -2.08. The number of H-pyrrole nitrogens is 1. The number of aryl methyl sites for hydroxylation is 2. The Kier molecular flexibility index (Phi) is 4.27. The summed E-state index contributed by atoms with van der Waals surface area (Å²) in [6, 6.07) is 7.61. The molecular weight excluding hydrogens is 258 g/mol. The summed E-state index contributed by atoms with van der Waals surface area (Å²) >= 11 is 1.57. The van der Waals surface area contributed by atoms with E-state index in [1.165, 1.54) is 0 Å². The molecule has 2 aromatic rings. The molecule has 1 heterocycles. The van der Waals surface area contributed by atoms with E-state index in [1.54, 1.807) is 11.8 Å². The van der Waals surface area contributed by atoms with Gasteiger partial charge in [0.1, 0.15) is 0 Å². The molecule has 5 heteroatoms. The lowest BCUT2D eigenvalue weighted by atomic mass is 10.1. The number of carbonyl (C=O) groups is 1. The standard InChI is InChI=1S/C14H17N3OS/c1-9-12(10(2)17-16-9)8-15-14(18)11-6-4-5-7-13(11)19-3/h4-7H,8H2,1-3H3,(H,15,18)(H,16,17). The molecule has 0 saturated heterocycles. The van der Waals surface area contributed by atoms with Crippen LogP contribution in [-0.2, 0) is 6.54 Å². The van der Waals surface area contributed by atoms with Crippen LogP contribution >= 0.6 is 11.8 Å². The normalized spacial score (nSPS) is 10.5. The molecule has 0 atom stereocenters. The Morgan fingerprint density at radius 3 is 2.74 bits per heavy atom. The molecule has 2 N–H and O–H groups in total. The van der Waals surface area contributed by atoms with Crippen LogP contribution in [0.1, 0.15) is 27.3 Å². The molecule has 0 spiro atoms. The maximum atomic E-state index is 12.2. The molecule has 0 aliphatic carbocycles. The number of rotatable bonds is 4. The second-order valence-electron chi connectivity index (χ2n) is 4.30. The summed E-state index contributed by atoms with van der Waals surface area (Å²) < 4.78 is 0. The Bertz CT molecular complexity index is 573. The molecule has 100 valence electrons. The highest BCUT2D eigenvalue weighted by atomic mass is 32.2. The monoisotopic (exact) mass is 275 g/mol. The van der Waals surface area contributed by atoms with Crippen molar-refractivity contribution < 1.29 is 4.79 Å². The van der Waals surface area contributed by atoms with Crippen molar-refractivity contribution in [3.8, 4) is 0 Å². The Balaban J connectivity index is 2.10. The van der Waals surface area contributed by atoms with Gasteiger partial charge in [-0.3, -0.25) is 9.89 Å². The maximum Gasteiger partial charge on any atom is 0.252 e. The number of hydrogen-bond acceptors (Lipinski definition) is 3. The third-order valence-corrected chi connectivity index (χ3v) is 3.85. The first-order valence-corrected chi connectivity index (χ1v) is 7.27. The predicted molar refractivity (Wildman–Crippen MR) is 77.5 cm³/mol. The fourth-order valence-corrected chi connectivity index (χ4v) is 2.53. The average molecular weight is 275 g/mol. The second kappa shape index (κ2) is 5.93. The molecule has 0 radical (unpaired) electrons. The van der Waals surface area contributed by atoms with Crippen molar-refractivity contribution in [2.24, 2.45) is 0 Å². The molecule has 1 aromatic carbocycles. The van der Waals surface area contributed by atoms with E-state index in [0.29, 0.717) is 12.1 Å². The summed E-state index contributed by atoms with van der Waals surface area (Å²) in [5.74, 6) is -0.0510. The van der Waals surface area contributed by atoms with Gasteiger partial charge < -0.3 is 5.32 Å². The minimum absolute atomic E-state index is 0.0510. The molecule has 1 aromatic heterocycles. The number of aromatic amines is 1. The number of carbonyl (C=O) groups excluding carboxylic acids is 1. The highest BCUT2D eigenvalue weighted by molar-refractivity contribution is 7.98. The smallest absolute Gasteiger partial charge is 0.252 e. The predicted octanol–water partition coefficient (Wildman–Crippen LogP) is 2.68. The van der Waals surface area contributed by atoms with Crippen LogP contribution in [0.25, 0.3) is 0 Å². The first-order chi connectivity index (χ1) is 9.13. The van der Waals surface area contributed by atoms with Crippen LogP contribution in [0.2, 0.25) is 0 Å². The van der Waals surface area contributed by atoms with Gasteiger partial charge in [0.05, 0.1) is 11.3 Å². The van der Waals surface area contributed by atoms with Gasteiger partial charge in [-0.2, -0.15) is 5.10 Å². The van der Waals surface area contributed by atoms with Crippen molar-refractivity contribution >= 4 is 17.7 Å². The van der Waals surface area contributed by atoms with E-state index < -0.39 is 0 Å². The Labute approximate surface area is 117 Å². The fraction of sp³-hybridized carbons (Fsp3) is 0.286. The lowest BCUT2D eigenvalue weighted by molar-refractivity contribution is 0.0948. The van der Waals surface area contributed by atoms with E-state index in [2.05, 4.69) is 15.5 Å². The number of thioether (sulfide) groups is 1. The van der Waals surface area contributed by atoms with Crippen LogP contribution in [-0.4, -0.2) is 22.4 Å². The fourth-order valence-electron chi connectivity index (χ4n) is 1.93. The Hall–Kier alpha value is -1.75. The van der Waals surface area contributed by atoms with Gasteiger partial charge in [-0.15, -0.1) is 11.8 Å². The number of nitrogens with zero attached hydrogens (tertiary/aromatic N) is 1. The largest absolute Gasteiger partial charge is 0.348 e. The number of hydrogen-bond donors (Lipinski definition) is 2. The summed E-state index contributed by atoms with van der Waals surface area (Å²) in [5, 5.41) is 9.98. The minimum atomic E-state index is -0.0510. The third kappa shape index (κ3) is 2.98. The van der Waals surface area contributed by atoms with E-state index >= 15 is 0 Å². The average Bonchev–Trinajstić information content (AvgIpc) is 2.75. The second-order valence-corrected chi connectivity index (χ2v) is 5.14. The van der Waals surface area contributed by atoms with Crippen LogP contribution in [0, 0.1) is 13.8 Å². The van der Waals surface area contributed by atoms with Crippen molar-refractivity contribution in [2.75, 3.05) is 6.26 Å². The molecule has 0 saturated carbocycles. The van der Waals surface area contributed by atoms with E-state index in [1.807, 2.05) is 44.4 Å². The zero-order chi connectivity index (χ0) is 13.8. The van der Waals surface area contributed by atoms with Gasteiger partial charge in [0.2, 0.25) is 0 Å². The van der Waals surface area contributed by atoms with Gasteiger partial charge >= 0.3 is 0 Å². The zero-order valence-electron chi connectivity index (χ0n) is 11.3. The van der Waals surface area contributed by atoms with Gasteiger partial charge in [0.15, 0.2) is 0 Å². The Morgan fingerprint density at radius 2 is 2.11 bits per heavy atom. The lowest BCUT2D eigenvalue weighted by Crippen LogP contribution is -2.23. The summed E-state index contributed by atoms with van der Waals surface area (Å²) in [5.41, 5.74) is 3.69. The molecule has 4 nitrogen and oxygen atoms in total. The summed E-state index contributed by atoms with van der Waals surface area (Å²) in [7, 11) is 0. The molecule has 0 aliphatic heterocycles. The first-order valence-electron chi connectivity index (χ1n) is 6.05. The molecule has 0 unspecified atom stereocenters. The van der Waals surface area contributed by atoms with Crippen molar-refractivity contribution in [3.05, 3.63) is 46.8 Å². The van der Waals surface area contributed by atoms with Crippen LogP contribution in [0.15, 0.2) is 29.2 Å². The van der Waals surface area contributed by atoms with E-state index in [-0.39, 0.29) is 5.91 Å². The van der Waals surface area contributed by atoms with E-state index in [9.17, 15) is 4.79 Å². The van der Waals surface area contributed by atoms with Crippen molar-refractivity contribution in [2.45, 2.75) is 25.3 Å². The van der Waals surface area contributed by atoms with Crippen LogP contribution < -0.4 is 5.32 Å². The maximum absolute atomic E-state index is 12.2.